The molecule has 0 radical (unpaired) electrons. The first-order valence-corrected chi connectivity index (χ1v) is 29.0. The van der Waals surface area contributed by atoms with Crippen molar-refractivity contribution in [2.45, 2.75) is 232 Å². The number of rotatable bonds is 50. The van der Waals surface area contributed by atoms with E-state index in [1.807, 2.05) is 12.2 Å². The summed E-state index contributed by atoms with van der Waals surface area (Å²) in [7, 11) is 0. The van der Waals surface area contributed by atoms with Crippen molar-refractivity contribution >= 4 is 17.9 Å². The van der Waals surface area contributed by atoms with E-state index in [-0.39, 0.29) is 50.4 Å². The molecule has 1 atom stereocenters. The number of ether oxygens (including phenoxy) is 3. The number of carbonyl (C=O) groups excluding carboxylic acids is 3. The maximum Gasteiger partial charge on any atom is 0.306 e. The highest BCUT2D eigenvalue weighted by molar-refractivity contribution is 5.71. The van der Waals surface area contributed by atoms with Crippen LogP contribution in [0.3, 0.4) is 0 Å². The fraction of sp³-hybridized carbons (Fsp3) is 0.567. The molecule has 0 heterocycles. The second-order valence-electron chi connectivity index (χ2n) is 18.4. The van der Waals surface area contributed by atoms with Crippen LogP contribution in [0.5, 0.6) is 0 Å². The minimum atomic E-state index is -0.841. The average molecular weight is 1010 g/mol. The van der Waals surface area contributed by atoms with Gasteiger partial charge in [-0.1, -0.05) is 237 Å². The van der Waals surface area contributed by atoms with E-state index in [1.54, 1.807) is 0 Å². The van der Waals surface area contributed by atoms with Gasteiger partial charge >= 0.3 is 17.9 Å². The number of esters is 3. The molecule has 0 fully saturated rings. The van der Waals surface area contributed by atoms with E-state index in [1.165, 1.54) is 70.6 Å². The minimum absolute atomic E-state index is 0.139. The third-order valence-corrected chi connectivity index (χ3v) is 11.5. The van der Waals surface area contributed by atoms with Gasteiger partial charge in [0.25, 0.3) is 0 Å². The maximum atomic E-state index is 12.9. The Morgan fingerprint density at radius 3 is 0.959 bits per heavy atom. The Morgan fingerprint density at radius 1 is 0.288 bits per heavy atom. The monoisotopic (exact) mass is 1000 g/mol. The molecule has 408 valence electrons. The van der Waals surface area contributed by atoms with Crippen LogP contribution in [-0.2, 0) is 28.6 Å². The topological polar surface area (TPSA) is 78.9 Å². The summed E-state index contributed by atoms with van der Waals surface area (Å²) >= 11 is 0. The lowest BCUT2D eigenvalue weighted by Crippen LogP contribution is -2.30. The zero-order chi connectivity index (χ0) is 52.9. The molecule has 0 N–H and O–H groups in total. The number of carbonyl (C=O) groups is 3. The van der Waals surface area contributed by atoms with Crippen LogP contribution in [0, 0.1) is 0 Å². The predicted molar refractivity (Wildman–Crippen MR) is 315 cm³/mol. The Bertz CT molecular complexity index is 1670. The van der Waals surface area contributed by atoms with Crippen LogP contribution in [0.15, 0.2) is 158 Å². The van der Waals surface area contributed by atoms with E-state index < -0.39 is 6.10 Å². The summed E-state index contributed by atoms with van der Waals surface area (Å²) in [5, 5.41) is 0. The van der Waals surface area contributed by atoms with Crippen LogP contribution < -0.4 is 0 Å². The Labute approximate surface area is 448 Å². The van der Waals surface area contributed by atoms with Crippen molar-refractivity contribution in [3.63, 3.8) is 0 Å². The highest BCUT2D eigenvalue weighted by Gasteiger charge is 2.19. The molecule has 0 bridgehead atoms. The molecule has 0 aromatic carbocycles. The molecule has 0 aliphatic heterocycles. The summed E-state index contributed by atoms with van der Waals surface area (Å²) < 4.78 is 16.7. The first kappa shape index (κ1) is 68.0. The van der Waals surface area contributed by atoms with Gasteiger partial charge in [0.05, 0.1) is 0 Å². The normalized spacial score (nSPS) is 13.3. The van der Waals surface area contributed by atoms with E-state index in [0.717, 1.165) is 103 Å². The standard InChI is InChI=1S/C67H104O6/c1-4-7-10-13-16-19-22-25-27-29-31-32-33-34-36-37-39-42-45-48-51-54-57-60-66(69)72-63-64(62-71-65(68)59-56-53-50-47-44-41-24-21-18-15-12-9-6-3)73-67(70)61-58-55-52-49-46-43-40-38-35-30-28-26-23-20-17-14-11-8-5-2/h7,9-10,12,16-21,25-28,31-32,34,36,39,41-42,44,48,50-51,53,64H,4-6,8,11,13-15,22-24,29-30,33,35,37-38,40,43,45-47,49,52,54-63H2,1-3H3/b10-7-,12-9-,19-16-,20-17-,21-18-,27-25-,28-26-,32-31-,36-34-,42-39-,44-41-,51-48-,53-50-. The summed E-state index contributed by atoms with van der Waals surface area (Å²) in [5.41, 5.74) is 0. The number of allylic oxidation sites excluding steroid dienone is 26. The summed E-state index contributed by atoms with van der Waals surface area (Å²) in [6.45, 7) is 6.25. The molecule has 0 aromatic heterocycles. The van der Waals surface area contributed by atoms with Gasteiger partial charge in [-0.25, -0.2) is 0 Å². The van der Waals surface area contributed by atoms with Gasteiger partial charge in [0.15, 0.2) is 6.10 Å². The molecule has 1 unspecified atom stereocenters. The van der Waals surface area contributed by atoms with E-state index in [4.69, 9.17) is 14.2 Å². The third kappa shape index (κ3) is 57.8. The quantitative estimate of drug-likeness (QED) is 0.0261. The Balaban J connectivity index is 4.55. The van der Waals surface area contributed by atoms with Crippen LogP contribution in [0.2, 0.25) is 0 Å². The van der Waals surface area contributed by atoms with E-state index >= 15 is 0 Å². The van der Waals surface area contributed by atoms with Crippen molar-refractivity contribution < 1.29 is 28.6 Å². The minimum Gasteiger partial charge on any atom is -0.462 e. The highest BCUT2D eigenvalue weighted by Crippen LogP contribution is 2.13. The molecule has 0 saturated heterocycles. The van der Waals surface area contributed by atoms with Gasteiger partial charge in [0.1, 0.15) is 13.2 Å². The first-order chi connectivity index (χ1) is 36.0. The molecule has 6 nitrogen and oxygen atoms in total. The first-order valence-electron chi connectivity index (χ1n) is 29.0. The summed E-state index contributed by atoms with van der Waals surface area (Å²) in [4.78, 5) is 38.1. The maximum absolute atomic E-state index is 12.9. The van der Waals surface area contributed by atoms with Crippen molar-refractivity contribution in [2.75, 3.05) is 13.2 Å². The van der Waals surface area contributed by atoms with Gasteiger partial charge in [0, 0.05) is 19.3 Å². The van der Waals surface area contributed by atoms with Crippen molar-refractivity contribution in [1.29, 1.82) is 0 Å². The van der Waals surface area contributed by atoms with Gasteiger partial charge < -0.3 is 14.2 Å². The van der Waals surface area contributed by atoms with Gasteiger partial charge in [-0.3, -0.25) is 14.4 Å². The smallest absolute Gasteiger partial charge is 0.306 e. The van der Waals surface area contributed by atoms with Crippen LogP contribution in [0.1, 0.15) is 226 Å². The molecular formula is C67H104O6. The van der Waals surface area contributed by atoms with Crippen LogP contribution in [0.4, 0.5) is 0 Å². The fourth-order valence-corrected chi connectivity index (χ4v) is 7.24. The lowest BCUT2D eigenvalue weighted by Gasteiger charge is -2.18. The Hall–Kier alpha value is -4.97. The molecule has 0 aliphatic carbocycles. The highest BCUT2D eigenvalue weighted by atomic mass is 16.6. The molecule has 0 aromatic rings. The number of unbranched alkanes of at least 4 members (excludes halogenated alkanes) is 13. The van der Waals surface area contributed by atoms with Crippen LogP contribution in [-0.4, -0.2) is 37.2 Å². The summed E-state index contributed by atoms with van der Waals surface area (Å²) in [6, 6.07) is 0. The van der Waals surface area contributed by atoms with Crippen molar-refractivity contribution in [3.8, 4) is 0 Å². The van der Waals surface area contributed by atoms with Crippen molar-refractivity contribution in [2.24, 2.45) is 0 Å². The second-order valence-corrected chi connectivity index (χ2v) is 18.4. The molecule has 0 aliphatic rings. The molecular weight excluding hydrogens is 901 g/mol. The van der Waals surface area contributed by atoms with Crippen molar-refractivity contribution in [3.05, 3.63) is 158 Å². The van der Waals surface area contributed by atoms with E-state index in [2.05, 4.69) is 167 Å². The molecule has 0 saturated carbocycles. The molecule has 0 amide bonds. The third-order valence-electron chi connectivity index (χ3n) is 11.5. The fourth-order valence-electron chi connectivity index (χ4n) is 7.24. The molecule has 6 heteroatoms. The summed E-state index contributed by atoms with van der Waals surface area (Å²) in [5.74, 6) is -1.09. The molecule has 73 heavy (non-hydrogen) atoms. The summed E-state index contributed by atoms with van der Waals surface area (Å²) in [6.07, 6.45) is 86.8. The van der Waals surface area contributed by atoms with Gasteiger partial charge in [-0.2, -0.15) is 0 Å². The van der Waals surface area contributed by atoms with E-state index in [9.17, 15) is 14.4 Å². The second kappa shape index (κ2) is 59.6. The number of hydrogen-bond acceptors (Lipinski definition) is 6. The lowest BCUT2D eigenvalue weighted by atomic mass is 10.1. The lowest BCUT2D eigenvalue weighted by molar-refractivity contribution is -0.166. The van der Waals surface area contributed by atoms with Gasteiger partial charge in [-0.15, -0.1) is 0 Å². The molecule has 0 spiro atoms. The van der Waals surface area contributed by atoms with Crippen LogP contribution >= 0.6 is 0 Å². The zero-order valence-corrected chi connectivity index (χ0v) is 46.6. The van der Waals surface area contributed by atoms with Crippen LogP contribution in [0.25, 0.3) is 0 Å². The molecule has 0 rings (SSSR count). The Kier molecular flexibility index (Phi) is 55.5. The van der Waals surface area contributed by atoms with Gasteiger partial charge in [-0.05, 0) is 128 Å². The van der Waals surface area contributed by atoms with E-state index in [0.29, 0.717) is 12.8 Å². The van der Waals surface area contributed by atoms with Gasteiger partial charge in [0.2, 0.25) is 0 Å². The Morgan fingerprint density at radius 2 is 0.575 bits per heavy atom. The average Bonchev–Trinajstić information content (AvgIpc) is 3.39. The zero-order valence-electron chi connectivity index (χ0n) is 46.6. The largest absolute Gasteiger partial charge is 0.462 e. The number of hydrogen-bond donors (Lipinski definition) is 0. The SMILES string of the molecule is CC/C=C\C/C=C\C/C=C\C/C=C\C/C=C\C/C=C\C/C=C\CCCC(=O)OCC(COC(=O)CC/C=C\C/C=C\C/C=C\C/C=C\CC)OC(=O)CCCCCCCCCCC/C=C\C/C=C\CCCCC. The predicted octanol–water partition coefficient (Wildman–Crippen LogP) is 19.8. The van der Waals surface area contributed by atoms with Crippen molar-refractivity contribution in [1.82, 2.24) is 0 Å².